The topological polar surface area (TPSA) is 75.6 Å². The number of hydrogen-bond donors (Lipinski definition) is 2. The molecule has 1 fully saturated rings. The Morgan fingerprint density at radius 1 is 1.13 bits per heavy atom. The molecule has 0 radical (unpaired) electrons. The smallest absolute Gasteiger partial charge is 0.407 e. The van der Waals surface area contributed by atoms with E-state index in [1.807, 2.05) is 31.2 Å². The van der Waals surface area contributed by atoms with Gasteiger partial charge in [-0.05, 0) is 28.7 Å². The normalized spacial score (nSPS) is 22.4. The number of amides is 1. The Morgan fingerprint density at radius 3 is 2.19 bits per heavy atom. The van der Waals surface area contributed by atoms with Gasteiger partial charge in [-0.1, -0.05) is 55.5 Å². The molecule has 1 amide bonds. The van der Waals surface area contributed by atoms with Gasteiger partial charge in [-0.25, -0.2) is 9.59 Å². The van der Waals surface area contributed by atoms with Crippen molar-refractivity contribution in [3.63, 3.8) is 0 Å². The van der Waals surface area contributed by atoms with Crippen molar-refractivity contribution in [2.75, 3.05) is 33.8 Å². The van der Waals surface area contributed by atoms with Gasteiger partial charge in [0.05, 0.1) is 32.6 Å². The number of aliphatic carboxylic acids is 1. The third-order valence-corrected chi connectivity index (χ3v) is 7.13. The summed E-state index contributed by atoms with van der Waals surface area (Å²) in [6, 6.07) is 15.3. The highest BCUT2D eigenvalue weighted by Gasteiger charge is 2.52. The highest BCUT2D eigenvalue weighted by atomic mass is 16.5. The molecule has 2 aromatic rings. The summed E-state index contributed by atoms with van der Waals surface area (Å²) in [4.78, 5) is 24.8. The molecule has 2 N–H and O–H groups in total. The number of likely N-dealkylation sites (tertiary alicyclic amines) is 1. The monoisotopic (exact) mass is 423 g/mol. The molecule has 31 heavy (non-hydrogen) atoms. The number of nitrogens with one attached hydrogen (secondary N) is 1. The van der Waals surface area contributed by atoms with E-state index in [2.05, 4.69) is 43.7 Å². The van der Waals surface area contributed by atoms with Crippen molar-refractivity contribution in [1.82, 2.24) is 5.32 Å². The van der Waals surface area contributed by atoms with E-state index in [-0.39, 0.29) is 12.5 Å². The van der Waals surface area contributed by atoms with Crippen LogP contribution in [0.25, 0.3) is 11.1 Å². The lowest BCUT2D eigenvalue weighted by molar-refractivity contribution is -0.881. The van der Waals surface area contributed by atoms with E-state index >= 15 is 0 Å². The summed E-state index contributed by atoms with van der Waals surface area (Å²) in [7, 11) is 4.20. The number of alkyl carbamates (subject to hydrolysis) is 1. The van der Waals surface area contributed by atoms with Crippen LogP contribution in [0.5, 0.6) is 0 Å². The predicted octanol–water partition coefficient (Wildman–Crippen LogP) is 3.85. The Hall–Kier alpha value is -2.86. The number of hydrogen-bond acceptors (Lipinski definition) is 3. The molecule has 0 saturated carbocycles. The van der Waals surface area contributed by atoms with E-state index in [9.17, 15) is 14.7 Å². The molecule has 164 valence electrons. The number of benzene rings is 2. The maximum Gasteiger partial charge on any atom is 0.407 e. The maximum absolute atomic E-state index is 12.7. The van der Waals surface area contributed by atoms with Crippen LogP contribution in [0.15, 0.2) is 48.5 Å². The Kier molecular flexibility index (Phi) is 5.52. The number of carbonyl (C=O) groups is 2. The molecular formula is C25H31N2O4+. The van der Waals surface area contributed by atoms with Gasteiger partial charge in [0.15, 0.2) is 0 Å². The minimum Gasteiger partial charge on any atom is -0.480 e. The van der Waals surface area contributed by atoms with Gasteiger partial charge in [0.2, 0.25) is 0 Å². The van der Waals surface area contributed by atoms with Crippen molar-refractivity contribution in [3.8, 4) is 11.1 Å². The summed E-state index contributed by atoms with van der Waals surface area (Å²) < 4.78 is 6.36. The number of ether oxygens (including phenoxy) is 1. The van der Waals surface area contributed by atoms with Crippen LogP contribution in [0, 0.1) is 5.41 Å². The van der Waals surface area contributed by atoms with Crippen molar-refractivity contribution < 1.29 is 23.9 Å². The molecular weight excluding hydrogens is 392 g/mol. The second-order valence-corrected chi connectivity index (χ2v) is 9.52. The van der Waals surface area contributed by atoms with Crippen LogP contribution in [0.1, 0.15) is 36.8 Å². The van der Waals surface area contributed by atoms with Crippen LogP contribution in [-0.4, -0.2) is 61.5 Å². The fourth-order valence-corrected chi connectivity index (χ4v) is 5.50. The molecule has 1 aliphatic heterocycles. The van der Waals surface area contributed by atoms with Crippen molar-refractivity contribution in [2.45, 2.75) is 31.7 Å². The van der Waals surface area contributed by atoms with Crippen LogP contribution in [-0.2, 0) is 9.53 Å². The molecule has 1 aliphatic carbocycles. The van der Waals surface area contributed by atoms with Crippen molar-refractivity contribution in [1.29, 1.82) is 0 Å². The van der Waals surface area contributed by atoms with Crippen molar-refractivity contribution >= 4 is 12.1 Å². The van der Waals surface area contributed by atoms with E-state index in [1.54, 1.807) is 0 Å². The van der Waals surface area contributed by atoms with E-state index in [0.717, 1.165) is 39.7 Å². The van der Waals surface area contributed by atoms with E-state index in [4.69, 9.17) is 4.74 Å². The first-order valence-corrected chi connectivity index (χ1v) is 10.9. The number of carboxylic acid groups (broad SMARTS) is 1. The lowest BCUT2D eigenvalue weighted by atomic mass is 9.77. The molecule has 2 atom stereocenters. The summed E-state index contributed by atoms with van der Waals surface area (Å²) in [5.41, 5.74) is 4.11. The zero-order valence-corrected chi connectivity index (χ0v) is 18.4. The Morgan fingerprint density at radius 2 is 1.71 bits per heavy atom. The first kappa shape index (κ1) is 21.4. The van der Waals surface area contributed by atoms with Gasteiger partial charge in [0.1, 0.15) is 12.6 Å². The number of fused-ring (bicyclic) bond motifs is 3. The summed E-state index contributed by atoms with van der Waals surface area (Å²) in [5, 5.41) is 12.6. The molecule has 4 rings (SSSR count). The summed E-state index contributed by atoms with van der Waals surface area (Å²) in [6.45, 7) is 3.78. The molecule has 2 aromatic carbocycles. The van der Waals surface area contributed by atoms with Gasteiger partial charge in [0.25, 0.3) is 0 Å². The van der Waals surface area contributed by atoms with Crippen LogP contribution in [0.4, 0.5) is 4.79 Å². The van der Waals surface area contributed by atoms with Gasteiger partial charge in [-0.2, -0.15) is 0 Å². The van der Waals surface area contributed by atoms with Crippen LogP contribution >= 0.6 is 0 Å². The number of carbonyl (C=O) groups excluding carboxylic acids is 1. The predicted molar refractivity (Wildman–Crippen MR) is 119 cm³/mol. The zero-order valence-electron chi connectivity index (χ0n) is 18.4. The highest BCUT2D eigenvalue weighted by Crippen LogP contribution is 2.44. The Bertz CT molecular complexity index is 957. The summed E-state index contributed by atoms with van der Waals surface area (Å²) in [5.74, 6) is -1.05. The van der Waals surface area contributed by atoms with Crippen LogP contribution < -0.4 is 5.32 Å². The van der Waals surface area contributed by atoms with Gasteiger partial charge >= 0.3 is 12.1 Å². The quantitative estimate of drug-likeness (QED) is 0.692. The average molecular weight is 424 g/mol. The van der Waals surface area contributed by atoms with Crippen molar-refractivity contribution in [3.05, 3.63) is 59.7 Å². The van der Waals surface area contributed by atoms with Gasteiger partial charge < -0.3 is 19.6 Å². The third-order valence-electron chi connectivity index (χ3n) is 7.13. The lowest BCUT2D eigenvalue weighted by Crippen LogP contribution is -2.55. The molecule has 0 unspecified atom stereocenters. The molecule has 0 bridgehead atoms. The maximum atomic E-state index is 12.7. The molecule has 2 aliphatic rings. The van der Waals surface area contributed by atoms with Gasteiger partial charge in [-0.15, -0.1) is 0 Å². The second-order valence-electron chi connectivity index (χ2n) is 9.52. The molecule has 1 heterocycles. The first-order chi connectivity index (χ1) is 14.8. The average Bonchev–Trinajstić information content (AvgIpc) is 3.25. The third kappa shape index (κ3) is 3.92. The fraction of sp³-hybridized carbons (Fsp3) is 0.440. The number of carboxylic acids is 1. The Labute approximate surface area is 183 Å². The molecule has 0 aromatic heterocycles. The fourth-order valence-electron chi connectivity index (χ4n) is 5.50. The zero-order chi connectivity index (χ0) is 22.2. The van der Waals surface area contributed by atoms with Crippen LogP contribution in [0.3, 0.4) is 0 Å². The molecule has 6 nitrogen and oxygen atoms in total. The van der Waals surface area contributed by atoms with E-state index in [0.29, 0.717) is 13.0 Å². The van der Waals surface area contributed by atoms with Crippen LogP contribution in [0.2, 0.25) is 0 Å². The SMILES string of the molecule is CC[C@@]1([C@H](NC(=O)OCC2c3ccccc3-c3ccccc32)C(=O)O)CC[N+](C)(C)C1. The van der Waals surface area contributed by atoms with E-state index < -0.39 is 23.5 Å². The van der Waals surface area contributed by atoms with Crippen molar-refractivity contribution in [2.24, 2.45) is 5.41 Å². The standard InChI is InChI=1S/C25H30N2O4/c1-4-25(13-14-27(2,3)16-25)22(23(28)29)26-24(30)31-15-21-19-11-7-5-9-17(19)18-10-6-8-12-20(18)21/h5-12,21-22H,4,13-16H2,1-3H3,(H-,26,28,29,30)/p+1/t22-,25-/m1/s1. The van der Waals surface area contributed by atoms with Gasteiger partial charge in [-0.3, -0.25) is 0 Å². The number of nitrogens with zero attached hydrogens (tertiary/aromatic N) is 1. The Balaban J connectivity index is 1.48. The molecule has 1 saturated heterocycles. The van der Waals surface area contributed by atoms with E-state index in [1.165, 1.54) is 0 Å². The summed E-state index contributed by atoms with van der Waals surface area (Å²) >= 11 is 0. The first-order valence-electron chi connectivity index (χ1n) is 10.9. The highest BCUT2D eigenvalue weighted by molar-refractivity contribution is 5.81. The number of quaternary nitrogens is 1. The second kappa shape index (κ2) is 8.00. The van der Waals surface area contributed by atoms with Gasteiger partial charge in [0, 0.05) is 12.3 Å². The number of rotatable bonds is 6. The minimum atomic E-state index is -1.00. The minimum absolute atomic E-state index is 0.0522. The molecule has 6 heteroatoms. The largest absolute Gasteiger partial charge is 0.480 e. The summed E-state index contributed by atoms with van der Waals surface area (Å²) in [6.07, 6.45) is 0.783. The molecule has 0 spiro atoms. The lowest BCUT2D eigenvalue weighted by Gasteiger charge is -2.34.